The maximum atomic E-state index is 12.0. The molecule has 0 bridgehead atoms. The summed E-state index contributed by atoms with van der Waals surface area (Å²) in [7, 11) is 0. The van der Waals surface area contributed by atoms with E-state index >= 15 is 0 Å². The van der Waals surface area contributed by atoms with Gasteiger partial charge >= 0.3 is 0 Å². The second-order valence-corrected chi connectivity index (χ2v) is 6.49. The Bertz CT molecular complexity index is 765. The number of carbonyl (C=O) groups is 3. The molecule has 0 aliphatic carbocycles. The van der Waals surface area contributed by atoms with Gasteiger partial charge in [0.25, 0.3) is 11.8 Å². The van der Waals surface area contributed by atoms with Crippen LogP contribution >= 0.6 is 11.3 Å². The monoisotopic (exact) mass is 357 g/mol. The van der Waals surface area contributed by atoms with E-state index in [9.17, 15) is 14.4 Å². The third kappa shape index (κ3) is 5.89. The summed E-state index contributed by atoms with van der Waals surface area (Å²) in [5, 5.41) is 4.65. The summed E-state index contributed by atoms with van der Waals surface area (Å²) in [5.74, 6) is -1.09. The lowest BCUT2D eigenvalue weighted by Crippen LogP contribution is -2.40. The van der Waals surface area contributed by atoms with Gasteiger partial charge in [0.2, 0.25) is 5.91 Å². The summed E-state index contributed by atoms with van der Waals surface area (Å²) in [6.07, 6.45) is 3.01. The fraction of sp³-hybridized carbons (Fsp3) is 0.167. The normalized spacial score (nSPS) is 10.7. The third-order valence-corrected chi connectivity index (χ3v) is 4.02. The molecule has 0 aliphatic rings. The molecule has 6 nitrogen and oxygen atoms in total. The molecule has 1 heterocycles. The number of benzene rings is 1. The van der Waals surface area contributed by atoms with Gasteiger partial charge in [0.15, 0.2) is 0 Å². The fourth-order valence-corrected chi connectivity index (χ4v) is 2.39. The first-order valence-corrected chi connectivity index (χ1v) is 8.56. The van der Waals surface area contributed by atoms with Gasteiger partial charge in [0, 0.05) is 28.1 Å². The van der Waals surface area contributed by atoms with E-state index in [2.05, 4.69) is 16.2 Å². The van der Waals surface area contributed by atoms with Crippen LogP contribution in [0.15, 0.2) is 47.9 Å². The standard InChI is InChI=1S/C18H19N3O3S/c1-12(2)17(23)19-14-7-5-13(6-8-14)18(24)21-20-16(22)10-9-15-4-3-11-25-15/h3-12H,1-2H3,(H,19,23)(H,20,22)(H,21,24)/b10-9+. The van der Waals surface area contributed by atoms with Crippen molar-refractivity contribution in [1.82, 2.24) is 10.9 Å². The van der Waals surface area contributed by atoms with E-state index in [0.717, 1.165) is 4.88 Å². The van der Waals surface area contributed by atoms with E-state index in [1.165, 1.54) is 17.4 Å². The molecule has 3 amide bonds. The minimum Gasteiger partial charge on any atom is -0.326 e. The Labute approximate surface area is 149 Å². The number of hydrogen-bond donors (Lipinski definition) is 3. The maximum absolute atomic E-state index is 12.0. The number of thiophene rings is 1. The SMILES string of the molecule is CC(C)C(=O)Nc1ccc(C(=O)NNC(=O)/C=C/c2cccs2)cc1. The topological polar surface area (TPSA) is 87.3 Å². The third-order valence-electron chi connectivity index (χ3n) is 3.18. The molecular formula is C18H19N3O3S. The molecule has 25 heavy (non-hydrogen) atoms. The molecule has 0 saturated heterocycles. The van der Waals surface area contributed by atoms with Gasteiger partial charge in [0.1, 0.15) is 0 Å². The smallest absolute Gasteiger partial charge is 0.269 e. The van der Waals surface area contributed by atoms with Gasteiger partial charge in [-0.2, -0.15) is 0 Å². The summed E-state index contributed by atoms with van der Waals surface area (Å²) in [6.45, 7) is 3.60. The van der Waals surface area contributed by atoms with Crippen LogP contribution in [0.2, 0.25) is 0 Å². The molecule has 0 radical (unpaired) electrons. The summed E-state index contributed by atoms with van der Waals surface area (Å²) in [5.41, 5.74) is 5.62. The quantitative estimate of drug-likeness (QED) is 0.568. The van der Waals surface area contributed by atoms with Crippen LogP contribution in [0.5, 0.6) is 0 Å². The van der Waals surface area contributed by atoms with Crippen LogP contribution in [0.3, 0.4) is 0 Å². The minimum atomic E-state index is -0.445. The fourth-order valence-electron chi connectivity index (χ4n) is 1.77. The minimum absolute atomic E-state index is 0.0954. The molecule has 1 aromatic heterocycles. The lowest BCUT2D eigenvalue weighted by Gasteiger charge is -2.09. The number of nitrogens with one attached hydrogen (secondary N) is 3. The second-order valence-electron chi connectivity index (χ2n) is 5.51. The lowest BCUT2D eigenvalue weighted by molar-refractivity contribution is -0.119. The Hall–Kier alpha value is -2.93. The van der Waals surface area contributed by atoms with E-state index < -0.39 is 11.8 Å². The van der Waals surface area contributed by atoms with E-state index in [0.29, 0.717) is 11.3 Å². The molecule has 0 spiro atoms. The highest BCUT2D eigenvalue weighted by Gasteiger charge is 2.09. The molecule has 0 aliphatic heterocycles. The first-order valence-electron chi connectivity index (χ1n) is 7.68. The number of rotatable bonds is 5. The largest absolute Gasteiger partial charge is 0.326 e. The van der Waals surface area contributed by atoms with Crippen molar-refractivity contribution in [2.24, 2.45) is 5.92 Å². The van der Waals surface area contributed by atoms with E-state index in [-0.39, 0.29) is 11.8 Å². The zero-order valence-corrected chi connectivity index (χ0v) is 14.7. The maximum Gasteiger partial charge on any atom is 0.269 e. The summed E-state index contributed by atoms with van der Waals surface area (Å²) >= 11 is 1.51. The number of anilines is 1. The highest BCUT2D eigenvalue weighted by Crippen LogP contribution is 2.11. The van der Waals surface area contributed by atoms with E-state index in [1.54, 1.807) is 44.2 Å². The Morgan fingerprint density at radius 3 is 2.36 bits per heavy atom. The molecule has 0 saturated carbocycles. The van der Waals surface area contributed by atoms with Crippen molar-refractivity contribution in [1.29, 1.82) is 0 Å². The van der Waals surface area contributed by atoms with Gasteiger partial charge in [-0.05, 0) is 41.8 Å². The molecule has 7 heteroatoms. The molecule has 2 rings (SSSR count). The molecule has 130 valence electrons. The van der Waals surface area contributed by atoms with Crippen molar-refractivity contribution in [2.45, 2.75) is 13.8 Å². The summed E-state index contributed by atoms with van der Waals surface area (Å²) in [6, 6.07) is 10.2. The van der Waals surface area contributed by atoms with Gasteiger partial charge in [0.05, 0.1) is 0 Å². The Morgan fingerprint density at radius 2 is 1.76 bits per heavy atom. The van der Waals surface area contributed by atoms with E-state index in [4.69, 9.17) is 0 Å². The highest BCUT2D eigenvalue weighted by molar-refractivity contribution is 7.10. The van der Waals surface area contributed by atoms with Crippen molar-refractivity contribution in [3.8, 4) is 0 Å². The van der Waals surface area contributed by atoms with Crippen LogP contribution < -0.4 is 16.2 Å². The number of hydrazine groups is 1. The van der Waals surface area contributed by atoms with Crippen LogP contribution in [-0.4, -0.2) is 17.7 Å². The predicted molar refractivity (Wildman–Crippen MR) is 98.9 cm³/mol. The average Bonchev–Trinajstić information content (AvgIpc) is 3.12. The van der Waals surface area contributed by atoms with Gasteiger partial charge in [-0.25, -0.2) is 0 Å². The van der Waals surface area contributed by atoms with Crippen molar-refractivity contribution < 1.29 is 14.4 Å². The Balaban J connectivity index is 1.84. The average molecular weight is 357 g/mol. The van der Waals surface area contributed by atoms with Gasteiger partial charge in [-0.15, -0.1) is 11.3 Å². The zero-order valence-electron chi connectivity index (χ0n) is 13.9. The highest BCUT2D eigenvalue weighted by atomic mass is 32.1. The molecule has 0 unspecified atom stereocenters. The van der Waals surface area contributed by atoms with Crippen LogP contribution in [0.4, 0.5) is 5.69 Å². The molecular weight excluding hydrogens is 338 g/mol. The van der Waals surface area contributed by atoms with Gasteiger partial charge in [-0.1, -0.05) is 19.9 Å². The van der Waals surface area contributed by atoms with E-state index in [1.807, 2.05) is 17.5 Å². The molecule has 1 aromatic carbocycles. The zero-order chi connectivity index (χ0) is 18.2. The van der Waals surface area contributed by atoms with Crippen molar-refractivity contribution in [3.05, 3.63) is 58.3 Å². The lowest BCUT2D eigenvalue weighted by atomic mass is 10.1. The second kappa shape index (κ2) is 8.79. The number of hydrogen-bond acceptors (Lipinski definition) is 4. The van der Waals surface area contributed by atoms with Crippen molar-refractivity contribution >= 4 is 40.8 Å². The van der Waals surface area contributed by atoms with Gasteiger partial charge < -0.3 is 5.32 Å². The first-order chi connectivity index (χ1) is 12.0. The van der Waals surface area contributed by atoms with Crippen LogP contribution in [0.1, 0.15) is 29.1 Å². The molecule has 3 N–H and O–H groups in total. The van der Waals surface area contributed by atoms with Crippen molar-refractivity contribution in [3.63, 3.8) is 0 Å². The van der Waals surface area contributed by atoms with Crippen LogP contribution in [0.25, 0.3) is 6.08 Å². The Kier molecular flexibility index (Phi) is 6.47. The summed E-state index contributed by atoms with van der Waals surface area (Å²) < 4.78 is 0. The number of amides is 3. The van der Waals surface area contributed by atoms with Crippen LogP contribution in [-0.2, 0) is 9.59 Å². The molecule has 2 aromatic rings. The predicted octanol–water partition coefficient (Wildman–Crippen LogP) is 2.82. The Morgan fingerprint density at radius 1 is 1.04 bits per heavy atom. The molecule has 0 atom stereocenters. The van der Waals surface area contributed by atoms with Crippen LogP contribution in [0, 0.1) is 5.92 Å². The number of carbonyl (C=O) groups excluding carboxylic acids is 3. The first kappa shape index (κ1) is 18.4. The molecule has 0 fully saturated rings. The van der Waals surface area contributed by atoms with Crippen molar-refractivity contribution in [2.75, 3.05) is 5.32 Å². The van der Waals surface area contributed by atoms with Gasteiger partial charge in [-0.3, -0.25) is 25.2 Å². The summed E-state index contributed by atoms with van der Waals surface area (Å²) in [4.78, 5) is 36.2.